The minimum absolute atomic E-state index is 0.00943. The molecule has 4 fully saturated rings. The van der Waals surface area contributed by atoms with E-state index < -0.39 is 58.1 Å². The second-order valence-corrected chi connectivity index (χ2v) is 18.9. The predicted octanol–water partition coefficient (Wildman–Crippen LogP) is 3.81. The van der Waals surface area contributed by atoms with Gasteiger partial charge < -0.3 is 44.2 Å². The van der Waals surface area contributed by atoms with E-state index >= 15 is 0 Å². The van der Waals surface area contributed by atoms with E-state index in [1.807, 2.05) is 12.1 Å². The predicted molar refractivity (Wildman–Crippen MR) is 231 cm³/mol. The molecule has 2 amide bonds. The molecule has 4 saturated heterocycles. The van der Waals surface area contributed by atoms with Crippen LogP contribution < -0.4 is 10.6 Å². The van der Waals surface area contributed by atoms with Crippen molar-refractivity contribution >= 4 is 39.4 Å². The summed E-state index contributed by atoms with van der Waals surface area (Å²) in [6.45, 7) is 4.14. The molecule has 66 heavy (non-hydrogen) atoms. The van der Waals surface area contributed by atoms with Gasteiger partial charge in [0, 0.05) is 62.5 Å². The molecule has 25 heteroatoms. The third-order valence-corrected chi connectivity index (χ3v) is 13.8. The fourth-order valence-corrected chi connectivity index (χ4v) is 9.83. The molecule has 0 aliphatic carbocycles. The van der Waals surface area contributed by atoms with E-state index in [1.165, 1.54) is 35.2 Å². The lowest BCUT2D eigenvalue weighted by molar-refractivity contribution is -0.158. The lowest BCUT2D eigenvalue weighted by Crippen LogP contribution is -2.49. The molecule has 4 bridgehead atoms. The minimum Gasteiger partial charge on any atom is -0.457 e. The number of fused-ring (bicyclic) bond motifs is 4. The summed E-state index contributed by atoms with van der Waals surface area (Å²) in [6, 6.07) is 3.78. The Labute approximate surface area is 387 Å². The highest BCUT2D eigenvalue weighted by atomic mass is 31.2. The number of phosphoric acid groups is 2. The molecule has 0 aromatic heterocycles. The zero-order chi connectivity index (χ0) is 49.1. The van der Waals surface area contributed by atoms with Crippen LogP contribution in [0.3, 0.4) is 0 Å². The average Bonchev–Trinajstić information content (AvgIpc) is 4.09. The maximum atomic E-state index is 12.6. The Morgan fingerprint density at radius 3 is 1.35 bits per heavy atom. The molecule has 4 heterocycles. The Morgan fingerprint density at radius 2 is 0.955 bits per heavy atom. The van der Waals surface area contributed by atoms with Gasteiger partial charge in [-0.05, 0) is 38.5 Å². The van der Waals surface area contributed by atoms with Crippen molar-refractivity contribution in [1.29, 1.82) is 10.5 Å². The molecule has 378 valence electrons. The number of carbonyl (C=O) groups is 4. The third-order valence-electron chi connectivity index (χ3n) is 10.9. The van der Waals surface area contributed by atoms with Crippen LogP contribution in [0.1, 0.15) is 90.9 Å². The van der Waals surface area contributed by atoms with Gasteiger partial charge in [0.15, 0.2) is 12.2 Å². The summed E-state index contributed by atoms with van der Waals surface area (Å²) in [5.74, 6) is -1.70. The summed E-state index contributed by atoms with van der Waals surface area (Å²) < 4.78 is 87.2. The highest BCUT2D eigenvalue weighted by molar-refractivity contribution is 7.48. The number of nitrogens with one attached hydrogen (secondary N) is 2. The van der Waals surface area contributed by atoms with Crippen LogP contribution in [0.25, 0.3) is 0 Å². The Kier molecular flexibility index (Phi) is 28.5. The third kappa shape index (κ3) is 19.1. The second kappa shape index (κ2) is 31.8. The Morgan fingerprint density at radius 1 is 0.576 bits per heavy atom. The lowest BCUT2D eigenvalue weighted by atomic mass is 9.84. The van der Waals surface area contributed by atoms with E-state index in [-0.39, 0.29) is 81.2 Å². The number of rotatable bonds is 30. The lowest BCUT2D eigenvalue weighted by Gasteiger charge is -2.30. The van der Waals surface area contributed by atoms with E-state index in [9.17, 15) is 28.3 Å². The number of esters is 2. The van der Waals surface area contributed by atoms with Crippen molar-refractivity contribution in [3.8, 4) is 12.1 Å². The fraction of sp³-hybridized carbons (Fsp3) is 0.854. The second-order valence-electron chi connectivity index (χ2n) is 15.3. The topological polar surface area (TPSA) is 305 Å². The monoisotopic (exact) mass is 984 g/mol. The van der Waals surface area contributed by atoms with Crippen LogP contribution in [-0.4, -0.2) is 153 Å². The van der Waals surface area contributed by atoms with Crippen molar-refractivity contribution in [2.24, 2.45) is 11.8 Å². The summed E-state index contributed by atoms with van der Waals surface area (Å²) >= 11 is 0. The van der Waals surface area contributed by atoms with Gasteiger partial charge in [0.25, 0.3) is 0 Å². The Bertz CT molecular complexity index is 1670. The van der Waals surface area contributed by atoms with Gasteiger partial charge in [0.05, 0.1) is 81.6 Å². The van der Waals surface area contributed by atoms with E-state index in [0.717, 1.165) is 45.6 Å². The van der Waals surface area contributed by atoms with E-state index in [4.69, 9.17) is 71.2 Å². The fourth-order valence-electron chi connectivity index (χ4n) is 7.92. The zero-order valence-corrected chi connectivity index (χ0v) is 40.9. The number of phosphoric ester groups is 2. The molecule has 4 aliphatic heterocycles. The molecular weight excluding hydrogens is 914 g/mol. The number of amides is 2. The van der Waals surface area contributed by atoms with Crippen LogP contribution in [-0.2, 0) is 83.9 Å². The maximum Gasteiger partial charge on any atom is 0.474 e. The molecule has 0 spiro atoms. The van der Waals surface area contributed by atoms with Gasteiger partial charge in [-0.1, -0.05) is 25.7 Å². The molecular formula is C41H70N4O19P2. The quantitative estimate of drug-likeness (QED) is 0.0523. The van der Waals surface area contributed by atoms with E-state index in [2.05, 4.69) is 10.6 Å². The number of methoxy groups -OCH3 is 2. The zero-order valence-electron chi connectivity index (χ0n) is 39.1. The number of unbranched alkanes of at least 4 members (excludes halogenated alkanes) is 6. The van der Waals surface area contributed by atoms with Crippen LogP contribution >= 0.6 is 15.6 Å². The van der Waals surface area contributed by atoms with Crippen molar-refractivity contribution in [2.75, 3.05) is 75.1 Å². The maximum absolute atomic E-state index is 12.6. The van der Waals surface area contributed by atoms with Crippen molar-refractivity contribution < 1.29 is 89.0 Å². The first kappa shape index (κ1) is 59.0. The van der Waals surface area contributed by atoms with Crippen molar-refractivity contribution in [3.05, 3.63) is 0 Å². The average molecular weight is 985 g/mol. The van der Waals surface area contributed by atoms with Crippen LogP contribution in [0, 0.1) is 34.5 Å². The van der Waals surface area contributed by atoms with Gasteiger partial charge in [-0.2, -0.15) is 10.5 Å². The molecule has 12 atom stereocenters. The van der Waals surface area contributed by atoms with Gasteiger partial charge in [-0.3, -0.25) is 46.3 Å². The van der Waals surface area contributed by atoms with Crippen LogP contribution in [0.5, 0.6) is 0 Å². The molecule has 8 unspecified atom stereocenters. The number of hydrogen-bond donors (Lipinski definition) is 3. The summed E-state index contributed by atoms with van der Waals surface area (Å²) in [4.78, 5) is 47.8. The normalized spacial score (nSPS) is 27.4. The number of aliphatic hydroxyl groups excluding tert-OH is 1. The number of nitriles is 2. The molecule has 0 aromatic carbocycles. The molecule has 3 N–H and O–H groups in total. The van der Waals surface area contributed by atoms with Gasteiger partial charge in [0.2, 0.25) is 11.8 Å². The SMILES string of the molecule is CO.COC1C2CC(C(=O)NCCCCCCOP(=O)(OC)OCCC#N)[C@H](O2)[C@H]1OC(C)=O.CO[C@H]1C(OC(C)=O)C2CC(C(=O)NCCCCCCOP(=O)(OC)OCCC#N)[C@@H]1O2. The molecule has 4 aliphatic rings. The summed E-state index contributed by atoms with van der Waals surface area (Å²) in [5, 5.41) is 29.8. The molecule has 0 radical (unpaired) electrons. The van der Waals surface area contributed by atoms with E-state index in [0.29, 0.717) is 38.8 Å². The largest absolute Gasteiger partial charge is 0.474 e. The smallest absolute Gasteiger partial charge is 0.457 e. The molecule has 23 nitrogen and oxygen atoms in total. The summed E-state index contributed by atoms with van der Waals surface area (Å²) in [7, 11) is -0.664. The van der Waals surface area contributed by atoms with Crippen LogP contribution in [0.15, 0.2) is 0 Å². The van der Waals surface area contributed by atoms with Gasteiger partial charge >= 0.3 is 27.6 Å². The van der Waals surface area contributed by atoms with Gasteiger partial charge in [-0.25, -0.2) is 9.13 Å². The minimum atomic E-state index is -3.60. The first-order valence-electron chi connectivity index (χ1n) is 22.0. The van der Waals surface area contributed by atoms with Gasteiger partial charge in [0.1, 0.15) is 18.3 Å². The first-order chi connectivity index (χ1) is 31.7. The first-order valence-corrected chi connectivity index (χ1v) is 25.0. The number of ether oxygens (including phenoxy) is 6. The Balaban J connectivity index is 0.000000437. The van der Waals surface area contributed by atoms with Gasteiger partial charge in [-0.15, -0.1) is 0 Å². The summed E-state index contributed by atoms with van der Waals surface area (Å²) in [6.07, 6.45) is 4.18. The molecule has 0 aromatic rings. The molecule has 4 rings (SSSR count). The molecule has 0 saturated carbocycles. The number of hydrogen-bond acceptors (Lipinski definition) is 21. The number of carbonyl (C=O) groups excluding carboxylic acids is 4. The van der Waals surface area contributed by atoms with E-state index in [1.54, 1.807) is 7.11 Å². The van der Waals surface area contributed by atoms with Crippen LogP contribution in [0.4, 0.5) is 0 Å². The van der Waals surface area contributed by atoms with Crippen molar-refractivity contribution in [2.45, 2.75) is 140 Å². The van der Waals surface area contributed by atoms with Crippen molar-refractivity contribution in [3.63, 3.8) is 0 Å². The number of aliphatic hydroxyl groups is 1. The Hall–Kier alpha value is -3.12. The van der Waals surface area contributed by atoms with Crippen LogP contribution in [0.2, 0.25) is 0 Å². The summed E-state index contributed by atoms with van der Waals surface area (Å²) in [5.41, 5.74) is 0. The highest BCUT2D eigenvalue weighted by Gasteiger charge is 2.59. The number of nitrogens with zero attached hydrogens (tertiary/aromatic N) is 2. The standard InChI is InChI=1S/2C20H33N2O9P.CH4O/c1-14(23)30-18-16-13-15(17(31-16)19(18)26-2)20(24)22-10-6-4-5-7-11-28-32(25,27-3)29-12-8-9-21;1-14(23)30-19-17-15(13-16(31-17)18(19)26-2)20(24)22-10-6-4-5-7-11-28-32(25,27-3)29-12-8-9-21;1-2/h2*15-19H,4-8,10-13H2,1-3H3,(H,22,24);2H,1H3/t2*15?,16?,17-,18?,19+,32?;/m00./s1. The van der Waals surface area contributed by atoms with Crippen molar-refractivity contribution in [1.82, 2.24) is 10.6 Å². The highest BCUT2D eigenvalue weighted by Crippen LogP contribution is 2.49.